The van der Waals surface area contributed by atoms with E-state index in [0.717, 1.165) is 0 Å². The van der Waals surface area contributed by atoms with E-state index in [0.29, 0.717) is 64.3 Å². The molecule has 0 saturated carbocycles. The zero-order valence-electron chi connectivity index (χ0n) is 61.4. The van der Waals surface area contributed by atoms with Crippen LogP contribution in [0.1, 0.15) is 180 Å². The number of alkyl carbamates (subject to hydrolysis) is 1. The number of unbranched alkanes of at least 4 members (excludes halogenated alkanes) is 2. The molecule has 4 saturated heterocycles. The molecule has 0 radical (unpaired) electrons. The first-order valence-electron chi connectivity index (χ1n) is 35.2. The van der Waals surface area contributed by atoms with Gasteiger partial charge in [0.1, 0.15) is 60.0 Å². The van der Waals surface area contributed by atoms with Gasteiger partial charge in [-0.2, -0.15) is 0 Å². The Labute approximate surface area is 592 Å². The van der Waals surface area contributed by atoms with Crippen molar-refractivity contribution in [2.24, 2.45) is 11.5 Å². The summed E-state index contributed by atoms with van der Waals surface area (Å²) in [5.41, 5.74) is 8.26. The Bertz CT molecular complexity index is 2890. The molecule has 101 heavy (non-hydrogen) atoms. The molecule has 4 rings (SSSR count). The van der Waals surface area contributed by atoms with Crippen LogP contribution in [0, 0.1) is 0 Å². The van der Waals surface area contributed by atoms with Gasteiger partial charge < -0.3 is 103 Å². The molecule has 0 aromatic heterocycles. The van der Waals surface area contributed by atoms with Crippen molar-refractivity contribution in [1.29, 1.82) is 0 Å². The summed E-state index contributed by atoms with van der Waals surface area (Å²) < 4.78 is 23.0. The van der Waals surface area contributed by atoms with Crippen LogP contribution in [0.15, 0.2) is 0 Å². The quantitative estimate of drug-likeness (QED) is 0.0315. The fourth-order valence-corrected chi connectivity index (χ4v) is 11.6. The van der Waals surface area contributed by atoms with Gasteiger partial charge in [0.2, 0.25) is 70.9 Å². The summed E-state index contributed by atoms with van der Waals surface area (Å²) in [6, 6.07) is -11.8. The molecule has 4 heterocycles. The van der Waals surface area contributed by atoms with Gasteiger partial charge in [-0.3, -0.25) is 57.5 Å². The number of carboxylic acid groups (broad SMARTS) is 1. The zero-order valence-corrected chi connectivity index (χ0v) is 61.4. The SMILES string of the molecule is C[C@H](NC(=O)CNC(=O)[C@H](COC(C)(C)C)NC(=O)[C@H](COC(C)(C)C)NC(=O)[C@@H]1CCCN1C(=O)CNC(=O)CNC(=O)[C@@H](N)CCCCN)C(=O)N1CCC[C@H]1C(=O)N1CCC[C@H]1C(=O)N1CCC[C@H]1C(=O)N[C@@H](COC(C)(C)C)C(=O)N[C@@H](CCCCNC(=O)OC(C)(C)C)C(=O)O. The van der Waals surface area contributed by atoms with E-state index < -0.39 is 192 Å². The number of hydrogen-bond acceptors (Lipinski definition) is 20. The first-order valence-corrected chi connectivity index (χ1v) is 35.2. The van der Waals surface area contributed by atoms with Crippen LogP contribution in [0.3, 0.4) is 0 Å². The van der Waals surface area contributed by atoms with Gasteiger partial charge in [-0.1, -0.05) is 6.42 Å². The maximum atomic E-state index is 14.6. The van der Waals surface area contributed by atoms with Gasteiger partial charge in [0.05, 0.1) is 62.3 Å². The van der Waals surface area contributed by atoms with Gasteiger partial charge in [-0.25, -0.2) is 9.59 Å². The van der Waals surface area contributed by atoms with Crippen molar-refractivity contribution in [2.75, 3.05) is 78.7 Å². The molecule has 4 aliphatic rings. The Morgan fingerprint density at radius 1 is 0.455 bits per heavy atom. The predicted octanol–water partition coefficient (Wildman–Crippen LogP) is -1.58. The molecule has 572 valence electrons. The maximum absolute atomic E-state index is 14.6. The van der Waals surface area contributed by atoms with Crippen LogP contribution in [0.5, 0.6) is 0 Å². The Morgan fingerprint density at radius 2 is 0.881 bits per heavy atom. The van der Waals surface area contributed by atoms with E-state index in [1.807, 2.05) is 0 Å². The van der Waals surface area contributed by atoms with Crippen LogP contribution >= 0.6 is 0 Å². The van der Waals surface area contributed by atoms with Crippen LogP contribution in [0.4, 0.5) is 4.79 Å². The van der Waals surface area contributed by atoms with E-state index >= 15 is 0 Å². The smallest absolute Gasteiger partial charge is 0.407 e. The summed E-state index contributed by atoms with van der Waals surface area (Å²) in [6.07, 6.45) is 4.38. The number of amides is 13. The van der Waals surface area contributed by atoms with Crippen molar-refractivity contribution in [3.63, 3.8) is 0 Å². The van der Waals surface area contributed by atoms with E-state index in [9.17, 15) is 72.2 Å². The van der Waals surface area contributed by atoms with Gasteiger partial charge in [0.15, 0.2) is 0 Å². The molecule has 0 aromatic carbocycles. The number of nitrogens with two attached hydrogens (primary N) is 2. The van der Waals surface area contributed by atoms with E-state index in [1.165, 1.54) is 26.5 Å². The highest BCUT2D eigenvalue weighted by Gasteiger charge is 2.47. The summed E-state index contributed by atoms with van der Waals surface area (Å²) in [6.45, 7) is 20.6. The lowest BCUT2D eigenvalue weighted by Gasteiger charge is -2.35. The Hall–Kier alpha value is -7.82. The monoisotopic (exact) mass is 1430 g/mol. The Kier molecular flexibility index (Phi) is 33.5. The molecule has 10 atom stereocenters. The average Bonchev–Trinajstić information content (AvgIpc) is 1.67. The Morgan fingerprint density at radius 3 is 1.38 bits per heavy atom. The van der Waals surface area contributed by atoms with E-state index in [1.54, 1.807) is 83.1 Å². The zero-order chi connectivity index (χ0) is 75.7. The van der Waals surface area contributed by atoms with Crippen molar-refractivity contribution in [2.45, 2.75) is 263 Å². The van der Waals surface area contributed by atoms with Gasteiger partial charge in [0.25, 0.3) is 0 Å². The van der Waals surface area contributed by atoms with Gasteiger partial charge in [0, 0.05) is 32.7 Å². The number of ether oxygens (including phenoxy) is 4. The number of nitrogens with zero attached hydrogens (tertiary/aromatic N) is 4. The molecule has 34 nitrogen and oxygen atoms in total. The van der Waals surface area contributed by atoms with E-state index in [2.05, 4.69) is 47.9 Å². The van der Waals surface area contributed by atoms with Gasteiger partial charge >= 0.3 is 12.1 Å². The van der Waals surface area contributed by atoms with Crippen molar-refractivity contribution < 1.29 is 91.2 Å². The van der Waals surface area contributed by atoms with Crippen molar-refractivity contribution in [3.05, 3.63) is 0 Å². The van der Waals surface area contributed by atoms with Crippen LogP contribution in [0.2, 0.25) is 0 Å². The van der Waals surface area contributed by atoms with Crippen LogP contribution in [-0.4, -0.2) is 269 Å². The molecule has 14 N–H and O–H groups in total. The average molecular weight is 1430 g/mol. The standard InChI is InChI=1S/C67H115N15O19/c1-40(74-51(84)35-73-54(87)43(37-98-64(2,3)4)76-56(89)45(39-100-66(8,9)10)77-57(90)46-24-18-30-79(46)52(85)36-71-50(83)34-72-53(86)41(69)22-14-16-28-68)59(92)81-32-20-26-48(81)61(94)82-33-21-27-49(82)60(93)80-31-19-25-47(80)58(91)78-44(38-99-65(5,6)7)55(88)75-42(62(95)96)23-15-17-29-70-63(97)101-67(11,12)13/h40-49H,14-39,68-69H2,1-13H3,(H,70,97)(H,71,83)(H,72,86)(H,73,87)(H,74,84)(H,75,88)(H,76,89)(H,77,90)(H,78,91)(H,95,96)/t40-,41-,42-,43-,44-,45-,46-,47-,48-,49-/m0/s1. The molecule has 0 spiro atoms. The molecule has 4 fully saturated rings. The molecule has 0 unspecified atom stereocenters. The summed E-state index contributed by atoms with van der Waals surface area (Å²) in [5.74, 6) is -9.53. The minimum Gasteiger partial charge on any atom is -0.480 e. The predicted molar refractivity (Wildman–Crippen MR) is 367 cm³/mol. The van der Waals surface area contributed by atoms with E-state index in [-0.39, 0.29) is 78.0 Å². The fraction of sp³-hybridized carbons (Fsp3) is 0.791. The summed E-state index contributed by atoms with van der Waals surface area (Å²) in [4.78, 5) is 195. The summed E-state index contributed by atoms with van der Waals surface area (Å²) in [7, 11) is 0. The number of carboxylic acids is 1. The number of nitrogens with one attached hydrogen (secondary N) is 9. The third kappa shape index (κ3) is 29.6. The molecular weight excluding hydrogens is 1320 g/mol. The molecule has 0 bridgehead atoms. The first kappa shape index (κ1) is 85.6. The topological polar surface area (TPSA) is 469 Å². The molecule has 0 aromatic rings. The lowest BCUT2D eigenvalue weighted by Crippen LogP contribution is -2.60. The van der Waals surface area contributed by atoms with Crippen molar-refractivity contribution >= 4 is 82.9 Å². The molecule has 4 aliphatic heterocycles. The van der Waals surface area contributed by atoms with Gasteiger partial charge in [-0.05, 0) is 180 Å². The largest absolute Gasteiger partial charge is 0.480 e. The number of carbonyl (C=O) groups excluding carboxylic acids is 13. The first-order chi connectivity index (χ1) is 47.1. The number of aliphatic carboxylic acids is 1. The van der Waals surface area contributed by atoms with Crippen LogP contribution in [0.25, 0.3) is 0 Å². The van der Waals surface area contributed by atoms with Crippen LogP contribution in [-0.2, 0) is 81.3 Å². The van der Waals surface area contributed by atoms with Crippen molar-refractivity contribution in [3.8, 4) is 0 Å². The normalized spacial score (nSPS) is 19.7. The van der Waals surface area contributed by atoms with Crippen LogP contribution < -0.4 is 59.3 Å². The number of carbonyl (C=O) groups is 14. The minimum atomic E-state index is -1.46. The highest BCUT2D eigenvalue weighted by Crippen LogP contribution is 2.29. The molecule has 34 heteroatoms. The van der Waals surface area contributed by atoms with Crippen molar-refractivity contribution in [1.82, 2.24) is 67.5 Å². The lowest BCUT2D eigenvalue weighted by atomic mass is 10.1. The third-order valence-corrected chi connectivity index (χ3v) is 16.8. The third-order valence-electron chi connectivity index (χ3n) is 16.8. The second kappa shape index (κ2) is 39.6. The summed E-state index contributed by atoms with van der Waals surface area (Å²) in [5, 5.41) is 33.1. The minimum absolute atomic E-state index is 0.00127. The number of likely N-dealkylation sites (tertiary alicyclic amines) is 4. The molecule has 13 amide bonds. The van der Waals surface area contributed by atoms with Gasteiger partial charge in [-0.15, -0.1) is 0 Å². The molecular formula is C67H115N15O19. The number of rotatable bonds is 36. The second-order valence-electron chi connectivity index (χ2n) is 30.0. The lowest BCUT2D eigenvalue weighted by molar-refractivity contribution is -0.151. The highest BCUT2D eigenvalue weighted by atomic mass is 16.6. The highest BCUT2D eigenvalue weighted by molar-refractivity contribution is 5.99. The number of hydrogen-bond donors (Lipinski definition) is 12. The van der Waals surface area contributed by atoms with E-state index in [4.69, 9.17) is 30.4 Å². The molecule has 0 aliphatic carbocycles. The maximum Gasteiger partial charge on any atom is 0.407 e. The Balaban J connectivity index is 1.37. The summed E-state index contributed by atoms with van der Waals surface area (Å²) >= 11 is 0. The second-order valence-corrected chi connectivity index (χ2v) is 30.0. The fourth-order valence-electron chi connectivity index (χ4n) is 11.6.